The largest absolute Gasteiger partial charge is 0.349 e. The van der Waals surface area contributed by atoms with Gasteiger partial charge < -0.3 is 10.2 Å². The average Bonchev–Trinajstić information content (AvgIpc) is 2.29. The Kier molecular flexibility index (Phi) is 5.81. The van der Waals surface area contributed by atoms with Crippen molar-refractivity contribution in [2.24, 2.45) is 5.92 Å². The van der Waals surface area contributed by atoms with Crippen molar-refractivity contribution in [3.8, 4) is 0 Å². The Labute approximate surface area is 99.6 Å². The van der Waals surface area contributed by atoms with E-state index in [2.05, 4.69) is 12.2 Å². The molecule has 3 heteroatoms. The summed E-state index contributed by atoms with van der Waals surface area (Å²) in [6.45, 7) is 3.07. The van der Waals surface area contributed by atoms with Crippen molar-refractivity contribution in [3.05, 3.63) is 0 Å². The fourth-order valence-corrected chi connectivity index (χ4v) is 2.43. The van der Waals surface area contributed by atoms with Gasteiger partial charge in [0.05, 0.1) is 0 Å². The summed E-state index contributed by atoms with van der Waals surface area (Å²) in [4.78, 5) is 13.0. The highest BCUT2D eigenvalue weighted by atomic mass is 16.2. The lowest BCUT2D eigenvalue weighted by molar-refractivity contribution is -0.128. The van der Waals surface area contributed by atoms with Gasteiger partial charge in [-0.15, -0.1) is 0 Å². The van der Waals surface area contributed by atoms with Crippen molar-refractivity contribution in [2.75, 3.05) is 20.6 Å². The molecule has 1 fully saturated rings. The van der Waals surface area contributed by atoms with E-state index >= 15 is 0 Å². The van der Waals surface area contributed by atoms with E-state index in [1.165, 1.54) is 32.1 Å². The van der Waals surface area contributed by atoms with Crippen LogP contribution in [0.5, 0.6) is 0 Å². The van der Waals surface area contributed by atoms with Crippen LogP contribution < -0.4 is 5.32 Å². The van der Waals surface area contributed by atoms with Crippen LogP contribution in [-0.4, -0.2) is 37.5 Å². The van der Waals surface area contributed by atoms with E-state index in [0.717, 1.165) is 12.5 Å². The molecule has 1 atom stereocenters. The minimum absolute atomic E-state index is 0.211. The van der Waals surface area contributed by atoms with Gasteiger partial charge in [0.1, 0.15) is 0 Å². The third-order valence-electron chi connectivity index (χ3n) is 3.66. The first-order chi connectivity index (χ1) is 7.61. The van der Waals surface area contributed by atoms with E-state index in [1.54, 1.807) is 4.90 Å². The number of nitrogens with one attached hydrogen (secondary N) is 1. The summed E-state index contributed by atoms with van der Waals surface area (Å²) in [5.74, 6) is 1.03. The number of carbonyl (C=O) groups is 1. The lowest BCUT2D eigenvalue weighted by Crippen LogP contribution is -2.37. The Morgan fingerprint density at radius 1 is 1.31 bits per heavy atom. The second-order valence-corrected chi connectivity index (χ2v) is 5.18. The minimum Gasteiger partial charge on any atom is -0.349 e. The molecule has 0 aromatic rings. The molecule has 1 amide bonds. The van der Waals surface area contributed by atoms with Gasteiger partial charge in [0, 0.05) is 33.1 Å². The summed E-state index contributed by atoms with van der Waals surface area (Å²) in [5.41, 5.74) is 0. The van der Waals surface area contributed by atoms with E-state index in [0.29, 0.717) is 12.5 Å². The van der Waals surface area contributed by atoms with Crippen molar-refractivity contribution < 1.29 is 4.79 Å². The molecular weight excluding hydrogens is 200 g/mol. The van der Waals surface area contributed by atoms with Gasteiger partial charge >= 0.3 is 0 Å². The van der Waals surface area contributed by atoms with Gasteiger partial charge in [-0.2, -0.15) is 0 Å². The highest BCUT2D eigenvalue weighted by Crippen LogP contribution is 2.26. The summed E-state index contributed by atoms with van der Waals surface area (Å²) in [6, 6.07) is 0.565. The van der Waals surface area contributed by atoms with Crippen molar-refractivity contribution in [1.29, 1.82) is 0 Å². The van der Waals surface area contributed by atoms with Gasteiger partial charge in [0.25, 0.3) is 0 Å². The standard InChI is InChI=1S/C13H26N2O/c1-11(12-7-5-4-6-8-12)14-10-9-13(16)15(2)3/h11-12,14H,4-10H2,1-3H3/t11-/m0/s1. The molecule has 0 heterocycles. The predicted octanol–water partition coefficient (Wildman–Crippen LogP) is 2.02. The monoisotopic (exact) mass is 226 g/mol. The van der Waals surface area contributed by atoms with Crippen LogP contribution in [0.3, 0.4) is 0 Å². The summed E-state index contributed by atoms with van der Waals surface area (Å²) in [6.07, 6.45) is 7.50. The molecule has 0 aromatic carbocycles. The first-order valence-electron chi connectivity index (χ1n) is 6.55. The van der Waals surface area contributed by atoms with E-state index in [-0.39, 0.29) is 5.91 Å². The third kappa shape index (κ3) is 4.52. The topological polar surface area (TPSA) is 32.3 Å². The highest BCUT2D eigenvalue weighted by molar-refractivity contribution is 5.75. The highest BCUT2D eigenvalue weighted by Gasteiger charge is 2.19. The molecule has 3 nitrogen and oxygen atoms in total. The predicted molar refractivity (Wildman–Crippen MR) is 67.4 cm³/mol. The Hall–Kier alpha value is -0.570. The van der Waals surface area contributed by atoms with E-state index in [9.17, 15) is 4.79 Å². The average molecular weight is 226 g/mol. The Balaban J connectivity index is 2.14. The van der Waals surface area contributed by atoms with Gasteiger partial charge in [-0.1, -0.05) is 19.3 Å². The van der Waals surface area contributed by atoms with Crippen molar-refractivity contribution in [3.63, 3.8) is 0 Å². The molecule has 0 bridgehead atoms. The van der Waals surface area contributed by atoms with Crippen molar-refractivity contribution in [2.45, 2.75) is 51.5 Å². The molecule has 1 aliphatic rings. The molecule has 0 saturated heterocycles. The zero-order valence-electron chi connectivity index (χ0n) is 11.0. The summed E-state index contributed by atoms with van der Waals surface area (Å²) >= 11 is 0. The van der Waals surface area contributed by atoms with Crippen LogP contribution in [-0.2, 0) is 4.79 Å². The summed E-state index contributed by atoms with van der Waals surface area (Å²) in [5, 5.41) is 3.49. The SMILES string of the molecule is C[C@H](NCCC(=O)N(C)C)C1CCCCC1. The second kappa shape index (κ2) is 6.89. The molecule has 0 aromatic heterocycles. The first kappa shape index (κ1) is 13.5. The summed E-state index contributed by atoms with van der Waals surface area (Å²) in [7, 11) is 3.62. The smallest absolute Gasteiger partial charge is 0.223 e. The zero-order chi connectivity index (χ0) is 12.0. The van der Waals surface area contributed by atoms with Crippen molar-refractivity contribution in [1.82, 2.24) is 10.2 Å². The van der Waals surface area contributed by atoms with Crippen LogP contribution in [0.1, 0.15) is 45.4 Å². The normalized spacial score (nSPS) is 19.4. The minimum atomic E-state index is 0.211. The molecule has 1 saturated carbocycles. The number of nitrogens with zero attached hydrogens (tertiary/aromatic N) is 1. The van der Waals surface area contributed by atoms with E-state index in [4.69, 9.17) is 0 Å². The first-order valence-corrected chi connectivity index (χ1v) is 6.55. The second-order valence-electron chi connectivity index (χ2n) is 5.18. The van der Waals surface area contributed by atoms with Gasteiger partial charge in [0.15, 0.2) is 0 Å². The molecule has 1 rings (SSSR count). The maximum absolute atomic E-state index is 11.4. The third-order valence-corrected chi connectivity index (χ3v) is 3.66. The van der Waals surface area contributed by atoms with E-state index < -0.39 is 0 Å². The molecule has 94 valence electrons. The lowest BCUT2D eigenvalue weighted by Gasteiger charge is -2.28. The van der Waals surface area contributed by atoms with Crippen LogP contribution in [0.2, 0.25) is 0 Å². The Bertz CT molecular complexity index is 210. The van der Waals surface area contributed by atoms with Gasteiger partial charge in [-0.3, -0.25) is 4.79 Å². The van der Waals surface area contributed by atoms with Crippen LogP contribution in [0, 0.1) is 5.92 Å². The molecule has 16 heavy (non-hydrogen) atoms. The van der Waals surface area contributed by atoms with E-state index in [1.807, 2.05) is 14.1 Å². The van der Waals surface area contributed by atoms with Crippen LogP contribution >= 0.6 is 0 Å². The van der Waals surface area contributed by atoms with Crippen molar-refractivity contribution >= 4 is 5.91 Å². The molecular formula is C13H26N2O. The molecule has 0 radical (unpaired) electrons. The van der Waals surface area contributed by atoms with Crippen LogP contribution in [0.4, 0.5) is 0 Å². The number of rotatable bonds is 5. The molecule has 0 unspecified atom stereocenters. The quantitative estimate of drug-likeness (QED) is 0.778. The fourth-order valence-electron chi connectivity index (χ4n) is 2.43. The Morgan fingerprint density at radius 3 is 2.50 bits per heavy atom. The maximum atomic E-state index is 11.4. The molecule has 0 spiro atoms. The number of hydrogen-bond donors (Lipinski definition) is 1. The number of carbonyl (C=O) groups excluding carboxylic acids is 1. The molecule has 0 aliphatic heterocycles. The zero-order valence-corrected chi connectivity index (χ0v) is 11.0. The van der Waals surface area contributed by atoms with Crippen LogP contribution in [0.15, 0.2) is 0 Å². The lowest BCUT2D eigenvalue weighted by atomic mass is 9.84. The molecule has 1 aliphatic carbocycles. The summed E-state index contributed by atoms with van der Waals surface area (Å²) < 4.78 is 0. The van der Waals surface area contributed by atoms with Gasteiger partial charge in [-0.25, -0.2) is 0 Å². The van der Waals surface area contributed by atoms with Crippen LogP contribution in [0.25, 0.3) is 0 Å². The van der Waals surface area contributed by atoms with Gasteiger partial charge in [0.2, 0.25) is 5.91 Å². The fraction of sp³-hybridized carbons (Fsp3) is 0.923. The number of hydrogen-bond acceptors (Lipinski definition) is 2. The number of amides is 1. The molecule has 1 N–H and O–H groups in total. The Morgan fingerprint density at radius 2 is 1.94 bits per heavy atom. The van der Waals surface area contributed by atoms with Gasteiger partial charge in [-0.05, 0) is 25.7 Å². The maximum Gasteiger partial charge on any atom is 0.223 e.